The fourth-order valence-corrected chi connectivity index (χ4v) is 6.44. The van der Waals surface area contributed by atoms with Crippen molar-refractivity contribution in [3.05, 3.63) is 95.8 Å². The fourth-order valence-electron chi connectivity index (χ4n) is 4.63. The van der Waals surface area contributed by atoms with Crippen LogP contribution < -0.4 is 20.1 Å². The molecule has 184 valence electrons. The molecule has 1 fully saturated rings. The van der Waals surface area contributed by atoms with Crippen LogP contribution in [0.15, 0.2) is 78.9 Å². The molecule has 3 aromatic carbocycles. The number of hydrogen-bond acceptors (Lipinski definition) is 5. The number of methoxy groups -OCH3 is 1. The first-order valence-corrected chi connectivity index (χ1v) is 12.9. The van der Waals surface area contributed by atoms with Crippen molar-refractivity contribution in [2.24, 2.45) is 0 Å². The Bertz CT molecular complexity index is 1260. The van der Waals surface area contributed by atoms with Gasteiger partial charge >= 0.3 is 0 Å². The second-order valence-electron chi connectivity index (χ2n) is 8.48. The van der Waals surface area contributed by atoms with E-state index in [4.69, 9.17) is 4.74 Å². The molecule has 4 rings (SSSR count). The van der Waals surface area contributed by atoms with Crippen LogP contribution in [0.4, 0.5) is 10.1 Å². The van der Waals surface area contributed by atoms with Gasteiger partial charge in [0.2, 0.25) is 0 Å². The molecule has 35 heavy (non-hydrogen) atoms. The van der Waals surface area contributed by atoms with Gasteiger partial charge in [0, 0.05) is 11.1 Å². The van der Waals surface area contributed by atoms with Gasteiger partial charge in [0.05, 0.1) is 12.7 Å². The predicted octanol–water partition coefficient (Wildman–Crippen LogP) is 3.65. The zero-order valence-electron chi connectivity index (χ0n) is 19.3. The molecule has 1 amide bonds. The van der Waals surface area contributed by atoms with E-state index in [2.05, 4.69) is 15.4 Å². The second kappa shape index (κ2) is 10.5. The topological polar surface area (TPSA) is 96.5 Å². The Balaban J connectivity index is 1.80. The Labute approximate surface area is 204 Å². The third-order valence-corrected chi connectivity index (χ3v) is 8.08. The normalized spacial score (nSPS) is 16.2. The highest BCUT2D eigenvalue weighted by molar-refractivity contribution is 7.93. The third-order valence-electron chi connectivity index (χ3n) is 6.37. The van der Waals surface area contributed by atoms with Gasteiger partial charge in [-0.3, -0.25) is 9.52 Å². The maximum absolute atomic E-state index is 13.9. The minimum atomic E-state index is -4.19. The number of sulfonamides is 1. The molecule has 0 aromatic heterocycles. The van der Waals surface area contributed by atoms with Crippen molar-refractivity contribution in [3.63, 3.8) is 0 Å². The van der Waals surface area contributed by atoms with Crippen LogP contribution in [0.25, 0.3) is 0 Å². The number of hydrogen-bond donors (Lipinski definition) is 3. The largest absolute Gasteiger partial charge is 0.496 e. The molecule has 0 saturated carbocycles. The monoisotopic (exact) mass is 497 g/mol. The fraction of sp³-hybridized carbons (Fsp3) is 0.269. The third kappa shape index (κ3) is 5.31. The summed E-state index contributed by atoms with van der Waals surface area (Å²) in [6, 6.07) is 21.1. The Morgan fingerprint density at radius 2 is 1.60 bits per heavy atom. The van der Waals surface area contributed by atoms with E-state index < -0.39 is 32.5 Å². The lowest BCUT2D eigenvalue weighted by molar-refractivity contribution is 0.0922. The molecule has 3 N–H and O–H groups in total. The van der Waals surface area contributed by atoms with Crippen molar-refractivity contribution in [1.82, 2.24) is 10.6 Å². The zero-order valence-corrected chi connectivity index (χ0v) is 20.1. The molecule has 0 aliphatic carbocycles. The first-order chi connectivity index (χ1) is 16.9. The van der Waals surface area contributed by atoms with Crippen molar-refractivity contribution in [2.45, 2.75) is 23.6 Å². The number of nitrogens with one attached hydrogen (secondary N) is 3. The highest BCUT2D eigenvalue weighted by Gasteiger charge is 2.49. The minimum absolute atomic E-state index is 0.208. The molecule has 1 heterocycles. The molecule has 1 saturated heterocycles. The first kappa shape index (κ1) is 24.7. The molecule has 0 bridgehead atoms. The van der Waals surface area contributed by atoms with Gasteiger partial charge in [0.25, 0.3) is 15.9 Å². The second-order valence-corrected chi connectivity index (χ2v) is 10.2. The molecule has 1 unspecified atom stereocenters. The SMILES string of the molecule is COc1ccccc1C(=O)NC(C1(c2ccccc2)CCNCC1)S(=O)(=O)Nc1ccc(F)cc1. The van der Waals surface area contributed by atoms with E-state index in [0.29, 0.717) is 31.7 Å². The summed E-state index contributed by atoms with van der Waals surface area (Å²) in [6.07, 6.45) is 0.969. The average molecular weight is 498 g/mol. The van der Waals surface area contributed by atoms with Crippen LogP contribution in [0.3, 0.4) is 0 Å². The Morgan fingerprint density at radius 3 is 2.26 bits per heavy atom. The summed E-state index contributed by atoms with van der Waals surface area (Å²) in [4.78, 5) is 13.4. The van der Waals surface area contributed by atoms with Crippen molar-refractivity contribution >= 4 is 21.6 Å². The van der Waals surface area contributed by atoms with Crippen LogP contribution in [0.2, 0.25) is 0 Å². The van der Waals surface area contributed by atoms with Crippen LogP contribution in [0.5, 0.6) is 5.75 Å². The number of carbonyl (C=O) groups is 1. The van der Waals surface area contributed by atoms with Gasteiger partial charge in [-0.15, -0.1) is 0 Å². The lowest BCUT2D eigenvalue weighted by atomic mass is 9.72. The number of amides is 1. The maximum Gasteiger partial charge on any atom is 0.256 e. The summed E-state index contributed by atoms with van der Waals surface area (Å²) in [6.45, 7) is 1.17. The van der Waals surface area contributed by atoms with E-state index in [0.717, 1.165) is 5.56 Å². The molecule has 1 aliphatic rings. The summed E-state index contributed by atoms with van der Waals surface area (Å²) in [5, 5.41) is 4.79. The van der Waals surface area contributed by atoms with E-state index in [9.17, 15) is 17.6 Å². The highest BCUT2D eigenvalue weighted by Crippen LogP contribution is 2.40. The summed E-state index contributed by atoms with van der Waals surface area (Å²) >= 11 is 0. The van der Waals surface area contributed by atoms with E-state index in [1.807, 2.05) is 30.3 Å². The number of benzene rings is 3. The van der Waals surface area contributed by atoms with Crippen LogP contribution in [-0.4, -0.2) is 39.9 Å². The lowest BCUT2D eigenvalue weighted by Gasteiger charge is -2.44. The molecule has 9 heteroatoms. The average Bonchev–Trinajstić information content (AvgIpc) is 2.89. The molecule has 7 nitrogen and oxygen atoms in total. The molecule has 0 radical (unpaired) electrons. The summed E-state index contributed by atoms with van der Waals surface area (Å²) in [5.74, 6) is -0.703. The van der Waals surface area contributed by atoms with Crippen LogP contribution in [-0.2, 0) is 15.4 Å². The summed E-state index contributed by atoms with van der Waals surface area (Å²) < 4.78 is 49.1. The van der Waals surface area contributed by atoms with E-state index in [-0.39, 0.29) is 11.3 Å². The number of rotatable bonds is 8. The van der Waals surface area contributed by atoms with Gasteiger partial charge in [0.15, 0.2) is 5.37 Å². The minimum Gasteiger partial charge on any atom is -0.496 e. The first-order valence-electron chi connectivity index (χ1n) is 11.3. The Kier molecular flexibility index (Phi) is 7.37. The number of carbonyl (C=O) groups excluding carboxylic acids is 1. The molecule has 3 aromatic rings. The summed E-state index contributed by atoms with van der Waals surface area (Å²) in [7, 11) is -2.74. The van der Waals surface area contributed by atoms with Crippen molar-refractivity contribution in [2.75, 3.05) is 24.9 Å². The van der Waals surface area contributed by atoms with Crippen LogP contribution in [0.1, 0.15) is 28.8 Å². The van der Waals surface area contributed by atoms with Gasteiger partial charge in [-0.1, -0.05) is 42.5 Å². The molecule has 0 spiro atoms. The smallest absolute Gasteiger partial charge is 0.256 e. The Morgan fingerprint density at radius 1 is 0.971 bits per heavy atom. The zero-order chi connectivity index (χ0) is 24.9. The number of piperidine rings is 1. The van der Waals surface area contributed by atoms with Gasteiger partial charge < -0.3 is 15.4 Å². The molecular weight excluding hydrogens is 469 g/mol. The van der Waals surface area contributed by atoms with E-state index in [1.54, 1.807) is 24.3 Å². The molecule has 1 atom stereocenters. The molecule has 1 aliphatic heterocycles. The lowest BCUT2D eigenvalue weighted by Crippen LogP contribution is -2.59. The van der Waals surface area contributed by atoms with E-state index in [1.165, 1.54) is 31.4 Å². The molecular formula is C26H28FN3O4S. The maximum atomic E-state index is 13.9. The van der Waals surface area contributed by atoms with Gasteiger partial charge in [-0.2, -0.15) is 0 Å². The number of para-hydroxylation sites is 1. The Hall–Kier alpha value is -3.43. The quantitative estimate of drug-likeness (QED) is 0.442. The van der Waals surface area contributed by atoms with Gasteiger partial charge in [0.1, 0.15) is 11.6 Å². The van der Waals surface area contributed by atoms with E-state index >= 15 is 0 Å². The highest BCUT2D eigenvalue weighted by atomic mass is 32.2. The summed E-state index contributed by atoms with van der Waals surface area (Å²) in [5.41, 5.74) is 0.348. The van der Waals surface area contributed by atoms with Crippen molar-refractivity contribution < 1.29 is 22.3 Å². The van der Waals surface area contributed by atoms with Crippen molar-refractivity contribution in [3.8, 4) is 5.75 Å². The number of anilines is 1. The standard InChI is InChI=1S/C26H28FN3O4S/c1-34-23-10-6-5-9-22(23)24(31)29-25(35(32,33)30-21-13-11-20(27)12-14-21)26(15-17-28-18-16-26)19-7-3-2-4-8-19/h2-14,25,28,30H,15-18H2,1H3,(H,29,31). The number of halogens is 1. The predicted molar refractivity (Wildman–Crippen MR) is 133 cm³/mol. The van der Waals surface area contributed by atoms with Crippen molar-refractivity contribution in [1.29, 1.82) is 0 Å². The van der Waals surface area contributed by atoms with Crippen LogP contribution >= 0.6 is 0 Å². The van der Waals surface area contributed by atoms with Crippen LogP contribution in [0, 0.1) is 5.82 Å². The van der Waals surface area contributed by atoms with Gasteiger partial charge in [-0.05, 0) is 67.9 Å². The number of ether oxygens (including phenoxy) is 1. The van der Waals surface area contributed by atoms with Gasteiger partial charge in [-0.25, -0.2) is 12.8 Å².